The van der Waals surface area contributed by atoms with E-state index in [1.807, 2.05) is 13.8 Å². The van der Waals surface area contributed by atoms with Gasteiger partial charge in [-0.05, 0) is 38.0 Å². The Kier molecular flexibility index (Phi) is 4.97. The van der Waals surface area contributed by atoms with Crippen molar-refractivity contribution in [1.82, 2.24) is 14.9 Å². The third kappa shape index (κ3) is 4.04. The van der Waals surface area contributed by atoms with Crippen LogP contribution in [0.3, 0.4) is 0 Å². The fourth-order valence-electron chi connectivity index (χ4n) is 3.96. The number of rotatable bonds is 3. The molecular formula is C20H25FN4O2. The van der Waals surface area contributed by atoms with Gasteiger partial charge in [-0.3, -0.25) is 14.7 Å². The Morgan fingerprint density at radius 3 is 2.63 bits per heavy atom. The molecule has 0 spiro atoms. The van der Waals surface area contributed by atoms with Crippen LogP contribution < -0.4 is 10.5 Å². The first-order valence-corrected chi connectivity index (χ1v) is 9.47. The molecule has 7 heteroatoms. The van der Waals surface area contributed by atoms with E-state index in [2.05, 4.69) is 14.8 Å². The van der Waals surface area contributed by atoms with Gasteiger partial charge in [-0.15, -0.1) is 0 Å². The minimum atomic E-state index is -0.227. The highest BCUT2D eigenvalue weighted by atomic mass is 19.1. The molecule has 4 rings (SSSR count). The molecule has 0 amide bonds. The molecule has 2 atom stereocenters. The van der Waals surface area contributed by atoms with Crippen molar-refractivity contribution in [3.8, 4) is 0 Å². The second-order valence-corrected chi connectivity index (χ2v) is 7.56. The molecule has 1 N–H and O–H groups in total. The van der Waals surface area contributed by atoms with E-state index >= 15 is 0 Å². The van der Waals surface area contributed by atoms with Crippen LogP contribution in [-0.2, 0) is 24.2 Å². The summed E-state index contributed by atoms with van der Waals surface area (Å²) >= 11 is 0. The number of hydrogen-bond donors (Lipinski definition) is 1. The second-order valence-electron chi connectivity index (χ2n) is 7.56. The predicted octanol–water partition coefficient (Wildman–Crippen LogP) is 2.08. The number of morpholine rings is 1. The van der Waals surface area contributed by atoms with Crippen LogP contribution in [0.25, 0.3) is 0 Å². The lowest BCUT2D eigenvalue weighted by Crippen LogP contribution is -2.47. The van der Waals surface area contributed by atoms with Gasteiger partial charge in [-0.2, -0.15) is 0 Å². The summed E-state index contributed by atoms with van der Waals surface area (Å²) in [5.41, 5.74) is 2.64. The van der Waals surface area contributed by atoms with E-state index < -0.39 is 0 Å². The Balaban J connectivity index is 1.54. The van der Waals surface area contributed by atoms with Crippen molar-refractivity contribution in [2.75, 3.05) is 24.5 Å². The number of nitrogens with one attached hydrogen (secondary N) is 1. The normalized spacial score (nSPS) is 23.3. The standard InChI is InChI=1S/C20H25FN4O2/c1-13-9-25(10-14(2)27-13)20-22-18-12-24(8-7-17(18)19(26)23-20)11-15-3-5-16(21)6-4-15/h3-6,13-14H,7-12H2,1-2H3,(H,22,23,26). The van der Waals surface area contributed by atoms with Crippen molar-refractivity contribution in [3.63, 3.8) is 0 Å². The van der Waals surface area contributed by atoms with E-state index in [0.29, 0.717) is 32.0 Å². The molecule has 1 aromatic heterocycles. The molecular weight excluding hydrogens is 347 g/mol. The molecule has 1 aromatic carbocycles. The summed E-state index contributed by atoms with van der Waals surface area (Å²) in [6, 6.07) is 6.57. The van der Waals surface area contributed by atoms with E-state index in [-0.39, 0.29) is 23.6 Å². The van der Waals surface area contributed by atoms with Gasteiger partial charge in [0.1, 0.15) is 5.82 Å². The molecule has 0 aliphatic carbocycles. The van der Waals surface area contributed by atoms with Gasteiger partial charge in [-0.1, -0.05) is 12.1 Å². The summed E-state index contributed by atoms with van der Waals surface area (Å²) in [5.74, 6) is 0.402. The number of H-pyrrole nitrogens is 1. The van der Waals surface area contributed by atoms with Crippen molar-refractivity contribution in [2.24, 2.45) is 0 Å². The van der Waals surface area contributed by atoms with Crippen LogP contribution in [0, 0.1) is 5.82 Å². The van der Waals surface area contributed by atoms with Crippen molar-refractivity contribution >= 4 is 5.95 Å². The second kappa shape index (κ2) is 7.40. The molecule has 144 valence electrons. The fourth-order valence-corrected chi connectivity index (χ4v) is 3.96. The minimum Gasteiger partial charge on any atom is -0.372 e. The van der Waals surface area contributed by atoms with Crippen LogP contribution in [0.1, 0.15) is 30.7 Å². The molecule has 2 aliphatic heterocycles. The number of ether oxygens (including phenoxy) is 1. The van der Waals surface area contributed by atoms with Crippen molar-refractivity contribution in [2.45, 2.75) is 45.6 Å². The highest BCUT2D eigenvalue weighted by Crippen LogP contribution is 2.21. The number of aromatic amines is 1. The summed E-state index contributed by atoms with van der Waals surface area (Å²) in [6.07, 6.45) is 0.879. The molecule has 27 heavy (non-hydrogen) atoms. The first-order valence-electron chi connectivity index (χ1n) is 9.47. The fraction of sp³-hybridized carbons (Fsp3) is 0.500. The highest BCUT2D eigenvalue weighted by Gasteiger charge is 2.26. The molecule has 0 bridgehead atoms. The van der Waals surface area contributed by atoms with Gasteiger partial charge < -0.3 is 9.64 Å². The third-order valence-corrected chi connectivity index (χ3v) is 5.18. The maximum Gasteiger partial charge on any atom is 0.255 e. The van der Waals surface area contributed by atoms with Crippen LogP contribution in [0.15, 0.2) is 29.1 Å². The van der Waals surface area contributed by atoms with Crippen LogP contribution >= 0.6 is 0 Å². The summed E-state index contributed by atoms with van der Waals surface area (Å²) in [5, 5.41) is 0. The molecule has 1 saturated heterocycles. The average Bonchev–Trinajstić information content (AvgIpc) is 2.62. The molecule has 2 aliphatic rings. The van der Waals surface area contributed by atoms with E-state index in [4.69, 9.17) is 9.72 Å². The molecule has 0 radical (unpaired) electrons. The smallest absolute Gasteiger partial charge is 0.255 e. The zero-order valence-electron chi connectivity index (χ0n) is 15.7. The summed E-state index contributed by atoms with van der Waals surface area (Å²) in [4.78, 5) is 24.7. The molecule has 1 fully saturated rings. The quantitative estimate of drug-likeness (QED) is 0.894. The van der Waals surface area contributed by atoms with Gasteiger partial charge in [-0.25, -0.2) is 9.37 Å². The summed E-state index contributed by atoms with van der Waals surface area (Å²) in [6.45, 7) is 7.62. The van der Waals surface area contributed by atoms with E-state index in [0.717, 1.165) is 29.9 Å². The average molecular weight is 372 g/mol. The highest BCUT2D eigenvalue weighted by molar-refractivity contribution is 5.35. The lowest BCUT2D eigenvalue weighted by Gasteiger charge is -2.36. The first kappa shape index (κ1) is 18.1. The molecule has 2 unspecified atom stereocenters. The Labute approximate surface area is 158 Å². The number of aromatic nitrogens is 2. The maximum atomic E-state index is 13.1. The number of nitrogens with zero attached hydrogens (tertiary/aromatic N) is 3. The molecule has 3 heterocycles. The topological polar surface area (TPSA) is 61.5 Å². The number of halogens is 1. The van der Waals surface area contributed by atoms with E-state index in [1.54, 1.807) is 12.1 Å². The summed E-state index contributed by atoms with van der Waals surface area (Å²) < 4.78 is 18.9. The Morgan fingerprint density at radius 1 is 1.22 bits per heavy atom. The van der Waals surface area contributed by atoms with Gasteiger partial charge in [0.2, 0.25) is 5.95 Å². The van der Waals surface area contributed by atoms with E-state index in [9.17, 15) is 9.18 Å². The van der Waals surface area contributed by atoms with Crippen LogP contribution in [-0.4, -0.2) is 46.7 Å². The maximum absolute atomic E-state index is 13.1. The summed E-state index contributed by atoms with van der Waals surface area (Å²) in [7, 11) is 0. The number of anilines is 1. The Morgan fingerprint density at radius 2 is 1.93 bits per heavy atom. The number of hydrogen-bond acceptors (Lipinski definition) is 5. The van der Waals surface area contributed by atoms with Gasteiger partial charge in [0.25, 0.3) is 5.56 Å². The van der Waals surface area contributed by atoms with Gasteiger partial charge in [0.15, 0.2) is 0 Å². The third-order valence-electron chi connectivity index (χ3n) is 5.18. The first-order chi connectivity index (χ1) is 13.0. The monoisotopic (exact) mass is 372 g/mol. The van der Waals surface area contributed by atoms with Crippen LogP contribution in [0.4, 0.5) is 10.3 Å². The lowest BCUT2D eigenvalue weighted by molar-refractivity contribution is -0.00576. The Bertz CT molecular complexity index is 857. The van der Waals surface area contributed by atoms with E-state index in [1.165, 1.54) is 12.1 Å². The van der Waals surface area contributed by atoms with Crippen molar-refractivity contribution in [3.05, 3.63) is 57.3 Å². The largest absolute Gasteiger partial charge is 0.372 e. The molecule has 6 nitrogen and oxygen atoms in total. The SMILES string of the molecule is CC1CN(c2nc3c(c(=O)[nH]2)CCN(Cc2ccc(F)cc2)C3)CC(C)O1. The minimum absolute atomic E-state index is 0.0387. The van der Waals surface area contributed by atoms with Crippen LogP contribution in [0.5, 0.6) is 0 Å². The van der Waals surface area contributed by atoms with Crippen molar-refractivity contribution in [1.29, 1.82) is 0 Å². The van der Waals surface area contributed by atoms with Gasteiger partial charge in [0.05, 0.1) is 17.9 Å². The number of fused-ring (bicyclic) bond motifs is 1. The predicted molar refractivity (Wildman–Crippen MR) is 101 cm³/mol. The zero-order chi connectivity index (χ0) is 19.0. The molecule has 0 saturated carbocycles. The lowest BCUT2D eigenvalue weighted by atomic mass is 10.1. The molecule has 2 aromatic rings. The zero-order valence-corrected chi connectivity index (χ0v) is 15.7. The van der Waals surface area contributed by atoms with Crippen molar-refractivity contribution < 1.29 is 9.13 Å². The van der Waals surface area contributed by atoms with Gasteiger partial charge >= 0.3 is 0 Å². The van der Waals surface area contributed by atoms with Gasteiger partial charge in [0, 0.05) is 38.3 Å². The van der Waals surface area contributed by atoms with Crippen LogP contribution in [0.2, 0.25) is 0 Å². The Hall–Kier alpha value is -2.25. The number of benzene rings is 1.